The molecule has 2 rings (SSSR count). The second-order valence-electron chi connectivity index (χ2n) is 4.88. The Hall–Kier alpha value is -2.07. The van der Waals surface area contributed by atoms with Crippen molar-refractivity contribution in [3.63, 3.8) is 0 Å². The Labute approximate surface area is 125 Å². The van der Waals surface area contributed by atoms with Gasteiger partial charge in [0.1, 0.15) is 0 Å². The molecule has 0 saturated carbocycles. The summed E-state index contributed by atoms with van der Waals surface area (Å²) in [6.07, 6.45) is -5.91. The molecular weight excluding hydrogens is 315 g/mol. The van der Waals surface area contributed by atoms with E-state index in [9.17, 15) is 21.6 Å². The summed E-state index contributed by atoms with van der Waals surface area (Å²) in [4.78, 5) is 0. The van der Waals surface area contributed by atoms with E-state index in [-0.39, 0.29) is 11.1 Å². The molecule has 0 aliphatic heterocycles. The molecule has 0 aromatic heterocycles. The molecule has 0 aliphatic rings. The maximum absolute atomic E-state index is 12.2. The third-order valence-corrected chi connectivity index (χ3v) is 4.78. The Kier molecular flexibility index (Phi) is 4.42. The third kappa shape index (κ3) is 3.98. The number of hydrogen-bond donors (Lipinski definition) is 0. The highest BCUT2D eigenvalue weighted by Crippen LogP contribution is 2.26. The first-order valence-corrected chi connectivity index (χ1v) is 8.22. The fraction of sp³-hybridized carbons (Fsp3) is 0.267. The minimum Gasteiger partial charge on any atom is -0.228 e. The van der Waals surface area contributed by atoms with Crippen molar-refractivity contribution in [2.24, 2.45) is 0 Å². The topological polar surface area (TPSA) is 57.9 Å². The summed E-state index contributed by atoms with van der Waals surface area (Å²) in [6, 6.07) is 11.9. The SMILES string of the molecule is N#Cc1ccc2ccccc2c1CS(=O)(=O)CCC(F)(F)F. The Morgan fingerprint density at radius 2 is 1.77 bits per heavy atom. The number of alkyl halides is 3. The standard InChI is InChI=1S/C15H12F3NO2S/c16-15(17,18)7-8-22(20,21)10-14-12(9-19)6-5-11-3-1-2-4-13(11)14/h1-6H,7-8,10H2. The normalized spacial score (nSPS) is 12.3. The molecule has 0 spiro atoms. The predicted octanol–water partition coefficient (Wildman–Crippen LogP) is 3.58. The Morgan fingerprint density at radius 1 is 1.09 bits per heavy atom. The number of nitrogens with zero attached hydrogens (tertiary/aromatic N) is 1. The quantitative estimate of drug-likeness (QED) is 0.862. The van der Waals surface area contributed by atoms with Crippen molar-refractivity contribution in [2.45, 2.75) is 18.3 Å². The Bertz CT molecular complexity index is 836. The molecule has 0 saturated heterocycles. The Balaban J connectivity index is 2.40. The lowest BCUT2D eigenvalue weighted by atomic mass is 10.0. The molecule has 0 atom stereocenters. The highest BCUT2D eigenvalue weighted by molar-refractivity contribution is 7.90. The average Bonchev–Trinajstić information content (AvgIpc) is 2.45. The van der Waals surface area contributed by atoms with Gasteiger partial charge in [0.25, 0.3) is 0 Å². The van der Waals surface area contributed by atoms with Crippen LogP contribution >= 0.6 is 0 Å². The molecule has 0 aliphatic carbocycles. The fourth-order valence-electron chi connectivity index (χ4n) is 2.16. The summed E-state index contributed by atoms with van der Waals surface area (Å²) >= 11 is 0. The monoisotopic (exact) mass is 327 g/mol. The third-order valence-electron chi connectivity index (χ3n) is 3.22. The van der Waals surface area contributed by atoms with Gasteiger partial charge in [0, 0.05) is 0 Å². The lowest BCUT2D eigenvalue weighted by Gasteiger charge is -2.11. The summed E-state index contributed by atoms with van der Waals surface area (Å²) in [5.41, 5.74) is 0.414. The number of hydrogen-bond acceptors (Lipinski definition) is 3. The Morgan fingerprint density at radius 3 is 2.41 bits per heavy atom. The van der Waals surface area contributed by atoms with Gasteiger partial charge in [0.2, 0.25) is 0 Å². The van der Waals surface area contributed by atoms with Crippen LogP contribution in [0.5, 0.6) is 0 Å². The van der Waals surface area contributed by atoms with E-state index in [0.717, 1.165) is 5.39 Å². The van der Waals surface area contributed by atoms with E-state index in [0.29, 0.717) is 5.39 Å². The summed E-state index contributed by atoms with van der Waals surface area (Å²) in [5, 5.41) is 10.4. The largest absolute Gasteiger partial charge is 0.390 e. The molecule has 0 N–H and O–H groups in total. The fourth-order valence-corrected chi connectivity index (χ4v) is 3.60. The van der Waals surface area contributed by atoms with Crippen molar-refractivity contribution in [1.29, 1.82) is 5.26 Å². The van der Waals surface area contributed by atoms with E-state index >= 15 is 0 Å². The van der Waals surface area contributed by atoms with Crippen LogP contribution in [0.15, 0.2) is 36.4 Å². The van der Waals surface area contributed by atoms with Gasteiger partial charge in [0.15, 0.2) is 9.84 Å². The number of benzene rings is 2. The van der Waals surface area contributed by atoms with Crippen LogP contribution in [0.3, 0.4) is 0 Å². The second-order valence-corrected chi connectivity index (χ2v) is 7.07. The van der Waals surface area contributed by atoms with Crippen LogP contribution in [-0.2, 0) is 15.6 Å². The van der Waals surface area contributed by atoms with Crippen LogP contribution in [0, 0.1) is 11.3 Å². The van der Waals surface area contributed by atoms with Crippen molar-refractivity contribution >= 4 is 20.6 Å². The lowest BCUT2D eigenvalue weighted by Crippen LogP contribution is -2.18. The van der Waals surface area contributed by atoms with Crippen LogP contribution in [0.2, 0.25) is 0 Å². The molecule has 2 aromatic carbocycles. The zero-order chi connectivity index (χ0) is 16.4. The molecule has 22 heavy (non-hydrogen) atoms. The van der Waals surface area contributed by atoms with Gasteiger partial charge in [-0.1, -0.05) is 30.3 Å². The molecule has 0 fully saturated rings. The smallest absolute Gasteiger partial charge is 0.228 e. The van der Waals surface area contributed by atoms with Gasteiger partial charge in [0.05, 0.1) is 29.6 Å². The summed E-state index contributed by atoms with van der Waals surface area (Å²) in [6.45, 7) is 0. The van der Waals surface area contributed by atoms with Crippen LogP contribution in [-0.4, -0.2) is 20.3 Å². The van der Waals surface area contributed by atoms with Crippen molar-refractivity contribution in [3.05, 3.63) is 47.5 Å². The summed E-state index contributed by atoms with van der Waals surface area (Å²) in [5.74, 6) is -1.56. The maximum atomic E-state index is 12.2. The molecule has 3 nitrogen and oxygen atoms in total. The van der Waals surface area contributed by atoms with Crippen LogP contribution in [0.1, 0.15) is 17.5 Å². The number of nitriles is 1. The van der Waals surface area contributed by atoms with E-state index in [4.69, 9.17) is 5.26 Å². The zero-order valence-corrected chi connectivity index (χ0v) is 12.2. The highest BCUT2D eigenvalue weighted by atomic mass is 32.2. The number of halogens is 3. The lowest BCUT2D eigenvalue weighted by molar-refractivity contribution is -0.129. The van der Waals surface area contributed by atoms with Crippen LogP contribution < -0.4 is 0 Å². The minimum atomic E-state index is -4.52. The highest BCUT2D eigenvalue weighted by Gasteiger charge is 2.30. The molecule has 116 valence electrons. The number of fused-ring (bicyclic) bond motifs is 1. The van der Waals surface area contributed by atoms with E-state index in [2.05, 4.69) is 0 Å². The average molecular weight is 327 g/mol. The molecule has 0 radical (unpaired) electrons. The van der Waals surface area contributed by atoms with Crippen LogP contribution in [0.4, 0.5) is 13.2 Å². The van der Waals surface area contributed by atoms with Gasteiger partial charge in [-0.3, -0.25) is 0 Å². The van der Waals surface area contributed by atoms with Gasteiger partial charge in [-0.2, -0.15) is 18.4 Å². The predicted molar refractivity (Wildman–Crippen MR) is 76.8 cm³/mol. The first kappa shape index (κ1) is 16.3. The summed E-state index contributed by atoms with van der Waals surface area (Å²) in [7, 11) is -3.96. The maximum Gasteiger partial charge on any atom is 0.390 e. The van der Waals surface area contributed by atoms with Gasteiger partial charge < -0.3 is 0 Å². The van der Waals surface area contributed by atoms with E-state index < -0.39 is 33.9 Å². The molecule has 0 bridgehead atoms. The minimum absolute atomic E-state index is 0.161. The summed E-state index contributed by atoms with van der Waals surface area (Å²) < 4.78 is 60.5. The molecule has 0 amide bonds. The van der Waals surface area contributed by atoms with Crippen LogP contribution in [0.25, 0.3) is 10.8 Å². The molecule has 0 heterocycles. The van der Waals surface area contributed by atoms with Gasteiger partial charge in [-0.05, 0) is 22.4 Å². The van der Waals surface area contributed by atoms with Gasteiger partial charge in [-0.25, -0.2) is 8.42 Å². The van der Waals surface area contributed by atoms with Gasteiger partial charge in [-0.15, -0.1) is 0 Å². The first-order chi connectivity index (χ1) is 10.2. The molecule has 0 unspecified atom stereocenters. The molecule has 7 heteroatoms. The number of rotatable bonds is 4. The molecular formula is C15H12F3NO2S. The van der Waals surface area contributed by atoms with Gasteiger partial charge >= 0.3 is 6.18 Å². The van der Waals surface area contributed by atoms with E-state index in [1.54, 1.807) is 30.3 Å². The van der Waals surface area contributed by atoms with Crippen molar-refractivity contribution < 1.29 is 21.6 Å². The van der Waals surface area contributed by atoms with Crippen molar-refractivity contribution in [3.8, 4) is 6.07 Å². The number of sulfone groups is 1. The first-order valence-electron chi connectivity index (χ1n) is 6.40. The van der Waals surface area contributed by atoms with Crippen molar-refractivity contribution in [2.75, 3.05) is 5.75 Å². The zero-order valence-electron chi connectivity index (χ0n) is 11.4. The molecule has 2 aromatic rings. The van der Waals surface area contributed by atoms with E-state index in [1.165, 1.54) is 6.07 Å². The second kappa shape index (κ2) is 5.97. The van der Waals surface area contributed by atoms with Crippen molar-refractivity contribution in [1.82, 2.24) is 0 Å². The van der Waals surface area contributed by atoms with E-state index in [1.807, 2.05) is 6.07 Å².